The van der Waals surface area contributed by atoms with Crippen molar-refractivity contribution in [2.45, 2.75) is 25.7 Å². The zero-order valence-corrected chi connectivity index (χ0v) is 9.70. The largest absolute Gasteiger partial charge is 0.334 e. The Kier molecular flexibility index (Phi) is 2.76. The Bertz CT molecular complexity index is 378. The molecule has 1 fully saturated rings. The number of hydrogen-bond donors (Lipinski definition) is 0. The molecule has 0 atom stereocenters. The second-order valence-electron chi connectivity index (χ2n) is 4.20. The van der Waals surface area contributed by atoms with Crippen molar-refractivity contribution in [3.8, 4) is 0 Å². The molecule has 1 aromatic carbocycles. The Labute approximate surface area is 91.6 Å². The highest BCUT2D eigenvalue weighted by atomic mass is 15.2. The summed E-state index contributed by atoms with van der Waals surface area (Å²) in [4.78, 5) is 6.33. The van der Waals surface area contributed by atoms with Crippen LogP contribution in [0.1, 0.15) is 31.2 Å². The van der Waals surface area contributed by atoms with Crippen molar-refractivity contribution in [3.63, 3.8) is 0 Å². The molecular weight excluding hydrogens is 184 g/mol. The highest BCUT2D eigenvalue weighted by molar-refractivity contribution is 5.95. The van der Waals surface area contributed by atoms with Crippen LogP contribution in [-0.2, 0) is 0 Å². The normalized spacial score (nSPS) is 16.6. The van der Waals surface area contributed by atoms with E-state index >= 15 is 0 Å². The van der Waals surface area contributed by atoms with Gasteiger partial charge in [0.2, 0.25) is 0 Å². The van der Waals surface area contributed by atoms with Crippen LogP contribution in [0, 0.1) is 0 Å². The lowest BCUT2D eigenvalue weighted by Crippen LogP contribution is -2.23. The zero-order valence-electron chi connectivity index (χ0n) is 9.70. The van der Waals surface area contributed by atoms with Crippen molar-refractivity contribution in [2.24, 2.45) is 4.99 Å². The molecule has 0 saturated heterocycles. The number of nitrogens with zero attached hydrogens (tertiary/aromatic N) is 2. The van der Waals surface area contributed by atoms with Crippen molar-refractivity contribution in [1.82, 2.24) is 0 Å². The number of anilines is 1. The third-order valence-corrected chi connectivity index (χ3v) is 3.12. The maximum absolute atomic E-state index is 4.20. The van der Waals surface area contributed by atoms with Gasteiger partial charge in [0.25, 0.3) is 0 Å². The van der Waals surface area contributed by atoms with E-state index in [9.17, 15) is 0 Å². The predicted octanol–water partition coefficient (Wildman–Crippen LogP) is 3.05. The van der Waals surface area contributed by atoms with Gasteiger partial charge in [-0.3, -0.25) is 4.99 Å². The number of rotatable bonds is 2. The molecule has 0 radical (unpaired) electrons. The quantitative estimate of drug-likeness (QED) is 0.531. The number of hydrogen-bond acceptors (Lipinski definition) is 1. The molecule has 0 aliphatic heterocycles. The average Bonchev–Trinajstić information content (AvgIpc) is 3.11. The lowest BCUT2D eigenvalue weighted by atomic mass is 10.1. The van der Waals surface area contributed by atoms with Crippen LogP contribution in [-0.4, -0.2) is 19.9 Å². The molecule has 0 aromatic heterocycles. The van der Waals surface area contributed by atoms with Gasteiger partial charge >= 0.3 is 0 Å². The molecule has 2 heteroatoms. The monoisotopic (exact) mass is 202 g/mol. The van der Waals surface area contributed by atoms with E-state index in [1.807, 2.05) is 14.0 Å². The van der Waals surface area contributed by atoms with Crippen LogP contribution in [0.3, 0.4) is 0 Å². The molecule has 0 heterocycles. The van der Waals surface area contributed by atoms with Crippen LogP contribution in [0.25, 0.3) is 0 Å². The number of benzene rings is 1. The third kappa shape index (κ3) is 2.20. The van der Waals surface area contributed by atoms with E-state index in [1.165, 1.54) is 24.1 Å². The van der Waals surface area contributed by atoms with Crippen LogP contribution in [0.2, 0.25) is 0 Å². The van der Waals surface area contributed by atoms with Crippen LogP contribution in [0.15, 0.2) is 29.3 Å². The summed E-state index contributed by atoms with van der Waals surface area (Å²) in [5, 5.41) is 0. The summed E-state index contributed by atoms with van der Waals surface area (Å²) >= 11 is 0. The van der Waals surface area contributed by atoms with E-state index in [4.69, 9.17) is 0 Å². The summed E-state index contributed by atoms with van der Waals surface area (Å²) in [6, 6.07) is 8.79. The minimum Gasteiger partial charge on any atom is -0.334 e. The van der Waals surface area contributed by atoms with Crippen molar-refractivity contribution in [2.75, 3.05) is 19.0 Å². The Hall–Kier alpha value is -1.31. The van der Waals surface area contributed by atoms with Crippen LogP contribution >= 0.6 is 0 Å². The molecule has 15 heavy (non-hydrogen) atoms. The van der Waals surface area contributed by atoms with Crippen LogP contribution < -0.4 is 4.90 Å². The lowest BCUT2D eigenvalue weighted by molar-refractivity contribution is 1.12. The first kappa shape index (κ1) is 10.2. The summed E-state index contributed by atoms with van der Waals surface area (Å²) in [6.07, 6.45) is 2.71. The van der Waals surface area contributed by atoms with E-state index in [0.717, 1.165) is 11.8 Å². The molecule has 1 aliphatic rings. The summed E-state index contributed by atoms with van der Waals surface area (Å²) in [5.41, 5.74) is 2.71. The van der Waals surface area contributed by atoms with E-state index in [-0.39, 0.29) is 0 Å². The second-order valence-corrected chi connectivity index (χ2v) is 4.20. The van der Waals surface area contributed by atoms with Gasteiger partial charge in [0.15, 0.2) is 0 Å². The predicted molar refractivity (Wildman–Crippen MR) is 65.9 cm³/mol. The van der Waals surface area contributed by atoms with Crippen LogP contribution in [0.4, 0.5) is 5.69 Å². The lowest BCUT2D eigenvalue weighted by Gasteiger charge is -2.19. The molecule has 0 bridgehead atoms. The van der Waals surface area contributed by atoms with Gasteiger partial charge in [0, 0.05) is 19.8 Å². The minimum atomic E-state index is 0.817. The number of aliphatic imine (C=N–C) groups is 1. The molecule has 1 aliphatic carbocycles. The Morgan fingerprint density at radius 2 is 2.13 bits per heavy atom. The Morgan fingerprint density at radius 3 is 2.73 bits per heavy atom. The fourth-order valence-electron chi connectivity index (χ4n) is 1.74. The molecule has 2 rings (SSSR count). The summed E-state index contributed by atoms with van der Waals surface area (Å²) < 4.78 is 0. The maximum Gasteiger partial charge on any atom is 0.0995 e. The fourth-order valence-corrected chi connectivity index (χ4v) is 1.74. The summed E-state index contributed by atoms with van der Waals surface area (Å²) in [7, 11) is 3.89. The zero-order chi connectivity index (χ0) is 10.8. The molecule has 2 nitrogen and oxygen atoms in total. The van der Waals surface area contributed by atoms with Gasteiger partial charge < -0.3 is 4.90 Å². The van der Waals surface area contributed by atoms with E-state index in [0.29, 0.717) is 0 Å². The topological polar surface area (TPSA) is 15.6 Å². The Balaban J connectivity index is 2.23. The highest BCUT2D eigenvalue weighted by Crippen LogP contribution is 2.40. The van der Waals surface area contributed by atoms with Gasteiger partial charge in [-0.1, -0.05) is 12.1 Å². The summed E-state index contributed by atoms with van der Waals surface area (Å²) in [5.74, 6) is 1.86. The molecule has 80 valence electrons. The molecule has 0 unspecified atom stereocenters. The first-order valence-corrected chi connectivity index (χ1v) is 5.49. The second kappa shape index (κ2) is 4.05. The van der Waals surface area contributed by atoms with Crippen LogP contribution in [0.5, 0.6) is 0 Å². The SMILES string of the molecule is CN=C(C)N(C)c1cccc(C2CC2)c1. The number of amidine groups is 1. The maximum atomic E-state index is 4.20. The van der Waals surface area contributed by atoms with Gasteiger partial charge in [0.1, 0.15) is 0 Å². The minimum absolute atomic E-state index is 0.817. The average molecular weight is 202 g/mol. The van der Waals surface area contributed by atoms with E-state index in [1.54, 1.807) is 0 Å². The van der Waals surface area contributed by atoms with Crippen molar-refractivity contribution < 1.29 is 0 Å². The first-order chi connectivity index (χ1) is 7.22. The standard InChI is InChI=1S/C13H18N2/c1-10(14-2)15(3)13-6-4-5-12(9-13)11-7-8-11/h4-6,9,11H,7-8H2,1-3H3. The highest BCUT2D eigenvalue weighted by Gasteiger charge is 2.23. The van der Waals surface area contributed by atoms with E-state index in [2.05, 4.69) is 41.2 Å². The van der Waals surface area contributed by atoms with Gasteiger partial charge in [-0.25, -0.2) is 0 Å². The van der Waals surface area contributed by atoms with Crippen molar-refractivity contribution in [3.05, 3.63) is 29.8 Å². The van der Waals surface area contributed by atoms with Crippen molar-refractivity contribution >= 4 is 11.5 Å². The molecule has 0 amide bonds. The van der Waals surface area contributed by atoms with Crippen molar-refractivity contribution in [1.29, 1.82) is 0 Å². The third-order valence-electron chi connectivity index (χ3n) is 3.12. The van der Waals surface area contributed by atoms with E-state index < -0.39 is 0 Å². The van der Waals surface area contributed by atoms with Gasteiger partial charge in [0.05, 0.1) is 5.84 Å². The molecule has 0 spiro atoms. The summed E-state index contributed by atoms with van der Waals surface area (Å²) in [6.45, 7) is 2.03. The Morgan fingerprint density at radius 1 is 1.40 bits per heavy atom. The van der Waals surface area contributed by atoms with Gasteiger partial charge in [-0.15, -0.1) is 0 Å². The molecule has 1 saturated carbocycles. The molecule has 1 aromatic rings. The van der Waals surface area contributed by atoms with Gasteiger partial charge in [-0.05, 0) is 43.4 Å². The van der Waals surface area contributed by atoms with Gasteiger partial charge in [-0.2, -0.15) is 0 Å². The smallest absolute Gasteiger partial charge is 0.0995 e. The first-order valence-electron chi connectivity index (χ1n) is 5.49. The molecular formula is C13H18N2. The fraction of sp³-hybridized carbons (Fsp3) is 0.462. The molecule has 0 N–H and O–H groups in total.